The van der Waals surface area contributed by atoms with Crippen LogP contribution in [0.3, 0.4) is 0 Å². The Morgan fingerprint density at radius 3 is 2.55 bits per heavy atom. The molecule has 160 valence electrons. The van der Waals surface area contributed by atoms with Crippen LogP contribution in [0.15, 0.2) is 12.2 Å². The minimum Gasteiger partial charge on any atom is -0.462 e. The van der Waals surface area contributed by atoms with Crippen molar-refractivity contribution in [1.82, 2.24) is 0 Å². The van der Waals surface area contributed by atoms with Crippen LogP contribution >= 0.6 is 0 Å². The van der Waals surface area contributed by atoms with Crippen LogP contribution in [-0.2, 0) is 19.1 Å². The number of aliphatic hydroxyl groups excluding tert-OH is 2. The first-order valence-electron chi connectivity index (χ1n) is 10.6. The Morgan fingerprint density at radius 2 is 1.90 bits per heavy atom. The Balaban J connectivity index is 1.79. The Morgan fingerprint density at radius 1 is 1.21 bits per heavy atom. The van der Waals surface area contributed by atoms with Crippen LogP contribution in [0.4, 0.5) is 0 Å². The lowest BCUT2D eigenvalue weighted by Crippen LogP contribution is -2.85. The molecular formula is C22H30O7. The van der Waals surface area contributed by atoms with E-state index in [4.69, 9.17) is 9.47 Å². The molecule has 2 heterocycles. The third-order valence-corrected chi connectivity index (χ3v) is 9.16. The van der Waals surface area contributed by atoms with Crippen molar-refractivity contribution in [3.63, 3.8) is 0 Å². The van der Waals surface area contributed by atoms with Gasteiger partial charge in [0.1, 0.15) is 17.6 Å². The molecule has 2 spiro atoms. The number of Topliss-reactive ketones (excluding diaryl/α,β-unsaturated/α-hetero) is 1. The molecule has 7 nitrogen and oxygen atoms in total. The van der Waals surface area contributed by atoms with Crippen LogP contribution < -0.4 is 0 Å². The maximum absolute atomic E-state index is 13.5. The third-order valence-electron chi connectivity index (χ3n) is 9.16. The van der Waals surface area contributed by atoms with Crippen LogP contribution in [0.5, 0.6) is 0 Å². The van der Waals surface area contributed by atoms with E-state index in [0.29, 0.717) is 31.3 Å². The summed E-state index contributed by atoms with van der Waals surface area (Å²) in [7, 11) is 0. The number of esters is 1. The molecule has 0 aromatic carbocycles. The zero-order valence-electron chi connectivity index (χ0n) is 17.2. The van der Waals surface area contributed by atoms with E-state index >= 15 is 0 Å². The van der Waals surface area contributed by atoms with Gasteiger partial charge < -0.3 is 24.8 Å². The smallest absolute Gasteiger partial charge is 0.302 e. The summed E-state index contributed by atoms with van der Waals surface area (Å²) >= 11 is 0. The summed E-state index contributed by atoms with van der Waals surface area (Å²) in [6.07, 6.45) is -0.674. The molecule has 0 radical (unpaired) electrons. The second kappa shape index (κ2) is 5.49. The fourth-order valence-corrected chi connectivity index (χ4v) is 8.24. The quantitative estimate of drug-likeness (QED) is 0.439. The van der Waals surface area contributed by atoms with Crippen LogP contribution in [0.25, 0.3) is 0 Å². The molecule has 6 fully saturated rings. The largest absolute Gasteiger partial charge is 0.462 e. The number of ketones is 1. The molecule has 6 aliphatic rings. The fourth-order valence-electron chi connectivity index (χ4n) is 8.24. The van der Waals surface area contributed by atoms with Gasteiger partial charge in [-0.2, -0.15) is 0 Å². The minimum absolute atomic E-state index is 0.0795. The van der Waals surface area contributed by atoms with Crippen molar-refractivity contribution < 1.29 is 34.4 Å². The molecule has 3 N–H and O–H groups in total. The second-order valence-corrected chi connectivity index (χ2v) is 10.5. The van der Waals surface area contributed by atoms with Gasteiger partial charge in [0.25, 0.3) is 0 Å². The average molecular weight is 406 g/mol. The van der Waals surface area contributed by atoms with E-state index in [1.54, 1.807) is 0 Å². The monoisotopic (exact) mass is 406 g/mol. The van der Waals surface area contributed by atoms with Gasteiger partial charge in [0.2, 0.25) is 5.79 Å². The first-order valence-corrected chi connectivity index (χ1v) is 10.6. The van der Waals surface area contributed by atoms with Crippen LogP contribution in [0.2, 0.25) is 0 Å². The number of hydrogen-bond donors (Lipinski definition) is 3. The number of fused-ring (bicyclic) bond motifs is 2. The Hall–Kier alpha value is -1.28. The fraction of sp³-hybridized carbons (Fsp3) is 0.818. The highest BCUT2D eigenvalue weighted by molar-refractivity contribution is 6.05. The lowest BCUT2D eigenvalue weighted by atomic mass is 9.35. The van der Waals surface area contributed by atoms with Gasteiger partial charge in [-0.25, -0.2) is 0 Å². The topological polar surface area (TPSA) is 113 Å². The van der Waals surface area contributed by atoms with E-state index < -0.39 is 64.4 Å². The number of ether oxygens (including phenoxy) is 2. The van der Waals surface area contributed by atoms with Crippen molar-refractivity contribution in [2.45, 2.75) is 70.6 Å². The van der Waals surface area contributed by atoms with Gasteiger partial charge in [0.15, 0.2) is 5.78 Å². The Kier molecular flexibility index (Phi) is 3.73. The molecule has 4 bridgehead atoms. The maximum atomic E-state index is 13.5. The van der Waals surface area contributed by atoms with Crippen LogP contribution in [0, 0.1) is 34.0 Å². The first-order chi connectivity index (χ1) is 13.5. The highest BCUT2D eigenvalue weighted by Crippen LogP contribution is 2.76. The summed E-state index contributed by atoms with van der Waals surface area (Å²) in [5.74, 6) is -4.38. The molecule has 0 aromatic rings. The molecule has 4 saturated carbocycles. The summed E-state index contributed by atoms with van der Waals surface area (Å²) in [5, 5.41) is 34.5. The van der Waals surface area contributed by atoms with Gasteiger partial charge in [0.05, 0.1) is 12.7 Å². The molecule has 7 heteroatoms. The van der Waals surface area contributed by atoms with Crippen molar-refractivity contribution in [2.75, 3.05) is 6.61 Å². The molecule has 2 unspecified atom stereocenters. The molecule has 2 aliphatic heterocycles. The number of hydrogen-bond acceptors (Lipinski definition) is 7. The highest BCUT2D eigenvalue weighted by Gasteiger charge is 2.87. The van der Waals surface area contributed by atoms with Crippen molar-refractivity contribution in [3.05, 3.63) is 12.2 Å². The van der Waals surface area contributed by atoms with Gasteiger partial charge in [-0.1, -0.05) is 20.4 Å². The van der Waals surface area contributed by atoms with E-state index in [1.165, 1.54) is 6.92 Å². The van der Waals surface area contributed by atoms with Gasteiger partial charge in [-0.15, -0.1) is 0 Å². The average Bonchev–Trinajstić information content (AvgIpc) is 2.74. The zero-order chi connectivity index (χ0) is 21.1. The van der Waals surface area contributed by atoms with Gasteiger partial charge in [-0.05, 0) is 42.6 Å². The van der Waals surface area contributed by atoms with E-state index in [1.807, 2.05) is 13.8 Å². The molecule has 4 aliphatic carbocycles. The zero-order valence-corrected chi connectivity index (χ0v) is 17.2. The second-order valence-electron chi connectivity index (χ2n) is 10.5. The van der Waals surface area contributed by atoms with Gasteiger partial charge in [-0.3, -0.25) is 9.59 Å². The molecule has 0 amide bonds. The molecule has 29 heavy (non-hydrogen) atoms. The lowest BCUT2D eigenvalue weighted by Gasteiger charge is -2.74. The Bertz CT molecular complexity index is 820. The summed E-state index contributed by atoms with van der Waals surface area (Å²) in [4.78, 5) is 25.5. The van der Waals surface area contributed by atoms with E-state index in [0.717, 1.165) is 0 Å². The predicted octanol–water partition coefficient (Wildman–Crippen LogP) is 0.946. The summed E-state index contributed by atoms with van der Waals surface area (Å²) in [6, 6.07) is 0. The standard InChI is InChI=1S/C22H30O7/c1-10-12-5-6-13-20-9-28-22(27,21(13,16(10)24)17(12)25)18(26)15(20)19(3,4)8-7-14(20)29-11(2)23/h12-15,17-18,25-27H,1,5-9H2,2-4H3/t12-,13+,14+,15-,17-,18+,20-,21?,22?/m1/s1. The SMILES string of the molecule is C=C1C(=O)C23[C@H](O)[C@@H]1CC[C@H]2[C@@]12COC3(O)[C@@H](O)[C@@H]1C(C)(C)CC[C@@H]2OC(C)=O. The number of aliphatic hydroxyl groups is 3. The Labute approximate surface area is 170 Å². The van der Waals surface area contributed by atoms with E-state index in [-0.39, 0.29) is 12.0 Å². The maximum Gasteiger partial charge on any atom is 0.302 e. The summed E-state index contributed by atoms with van der Waals surface area (Å²) in [6.45, 7) is 9.43. The normalized spacial score (nSPS) is 54.7. The number of rotatable bonds is 1. The summed E-state index contributed by atoms with van der Waals surface area (Å²) in [5.41, 5.74) is -2.60. The van der Waals surface area contributed by atoms with Gasteiger partial charge in [0, 0.05) is 24.2 Å². The van der Waals surface area contributed by atoms with Crippen molar-refractivity contribution >= 4 is 11.8 Å². The number of carbonyl (C=O) groups excluding carboxylic acids is 2. The minimum atomic E-state index is -2.19. The molecule has 0 aromatic heterocycles. The highest BCUT2D eigenvalue weighted by atomic mass is 16.6. The molecule has 2 saturated heterocycles. The molecule has 9 atom stereocenters. The van der Waals surface area contributed by atoms with E-state index in [2.05, 4.69) is 6.58 Å². The van der Waals surface area contributed by atoms with Crippen LogP contribution in [0.1, 0.15) is 46.5 Å². The third kappa shape index (κ3) is 1.86. The summed E-state index contributed by atoms with van der Waals surface area (Å²) < 4.78 is 11.7. The van der Waals surface area contributed by atoms with Crippen LogP contribution in [-0.4, -0.2) is 57.8 Å². The molecular weight excluding hydrogens is 376 g/mol. The molecule has 6 rings (SSSR count). The number of carbonyl (C=O) groups is 2. The van der Waals surface area contributed by atoms with E-state index in [9.17, 15) is 24.9 Å². The van der Waals surface area contributed by atoms with Crippen molar-refractivity contribution in [1.29, 1.82) is 0 Å². The lowest BCUT2D eigenvalue weighted by molar-refractivity contribution is -0.458. The predicted molar refractivity (Wildman–Crippen MR) is 100 cm³/mol. The first kappa shape index (κ1) is 19.7. The van der Waals surface area contributed by atoms with Crippen molar-refractivity contribution in [2.24, 2.45) is 34.0 Å². The van der Waals surface area contributed by atoms with Crippen molar-refractivity contribution in [3.8, 4) is 0 Å². The van der Waals surface area contributed by atoms with Gasteiger partial charge >= 0.3 is 5.97 Å².